The molecule has 10 heteroatoms. The summed E-state index contributed by atoms with van der Waals surface area (Å²) in [6, 6.07) is -0.914. The van der Waals surface area contributed by atoms with E-state index in [0.29, 0.717) is 23.9 Å². The number of nitrogens with one attached hydrogen (secondary N) is 1. The van der Waals surface area contributed by atoms with Gasteiger partial charge in [-0.05, 0) is 102 Å². The number of nitrogens with zero attached hydrogens (tertiary/aromatic N) is 1. The van der Waals surface area contributed by atoms with Gasteiger partial charge in [-0.15, -0.1) is 0 Å². The summed E-state index contributed by atoms with van der Waals surface area (Å²) in [6.45, 7) is 6.66. The highest BCUT2D eigenvalue weighted by Gasteiger charge is 2.27. The SMILES string of the molecule is CC/C=C\C/C=C\C/C=C\C/C=C\C/C=C\CCCCCC(=O)NC(COP(=O)([O-])OCC[N+](C)(C)C)C(/C=C\CCCCCCCCCCC)OC(=O)CCCCC/C=C\CCCCCCCCC. The summed E-state index contributed by atoms with van der Waals surface area (Å²) in [5.74, 6) is -0.602. The van der Waals surface area contributed by atoms with Crippen LogP contribution in [-0.2, 0) is 27.9 Å². The summed E-state index contributed by atoms with van der Waals surface area (Å²) in [5.41, 5.74) is 0. The lowest BCUT2D eigenvalue weighted by atomic mass is 10.1. The molecule has 1 amide bonds. The number of hydrogen-bond acceptors (Lipinski definition) is 7. The Morgan fingerprint density at radius 1 is 0.514 bits per heavy atom. The quantitative estimate of drug-likeness (QED) is 0.0212. The van der Waals surface area contributed by atoms with Gasteiger partial charge in [-0.1, -0.05) is 202 Å². The zero-order chi connectivity index (χ0) is 51.5. The van der Waals surface area contributed by atoms with E-state index < -0.39 is 26.6 Å². The van der Waals surface area contributed by atoms with Crippen molar-refractivity contribution in [3.8, 4) is 0 Å². The second-order valence-corrected chi connectivity index (χ2v) is 21.5. The van der Waals surface area contributed by atoms with Gasteiger partial charge in [0.1, 0.15) is 19.3 Å². The first-order chi connectivity index (χ1) is 33.9. The number of likely N-dealkylation sites (N-methyl/N-ethyl adjacent to an activating group) is 1. The number of phosphoric ester groups is 1. The van der Waals surface area contributed by atoms with Gasteiger partial charge in [0.2, 0.25) is 5.91 Å². The first kappa shape index (κ1) is 67.2. The molecule has 0 aliphatic carbocycles. The summed E-state index contributed by atoms with van der Waals surface area (Å²) >= 11 is 0. The molecule has 9 nitrogen and oxygen atoms in total. The maximum absolute atomic E-state index is 13.5. The van der Waals surface area contributed by atoms with Crippen LogP contribution in [0.15, 0.2) is 85.1 Å². The third kappa shape index (κ3) is 50.1. The molecule has 0 spiro atoms. The van der Waals surface area contributed by atoms with Gasteiger partial charge in [0.05, 0.1) is 33.8 Å². The van der Waals surface area contributed by atoms with Crippen molar-refractivity contribution in [3.05, 3.63) is 85.1 Å². The number of hydrogen-bond donors (Lipinski definition) is 1. The lowest BCUT2D eigenvalue weighted by Crippen LogP contribution is -2.47. The number of carbonyl (C=O) groups is 2. The zero-order valence-corrected chi connectivity index (χ0v) is 46.8. The summed E-state index contributed by atoms with van der Waals surface area (Å²) in [6.07, 6.45) is 64.1. The molecule has 0 aromatic heterocycles. The number of ether oxygens (including phenoxy) is 1. The van der Waals surface area contributed by atoms with E-state index in [1.165, 1.54) is 89.9 Å². The Balaban J connectivity index is 5.41. The Hall–Kier alpha value is -2.81. The average Bonchev–Trinajstić information content (AvgIpc) is 3.32. The summed E-state index contributed by atoms with van der Waals surface area (Å²) in [4.78, 5) is 39.8. The molecule has 0 fully saturated rings. The lowest BCUT2D eigenvalue weighted by Gasteiger charge is -2.30. The van der Waals surface area contributed by atoms with Crippen LogP contribution >= 0.6 is 7.82 Å². The Labute approximate surface area is 431 Å². The predicted molar refractivity (Wildman–Crippen MR) is 298 cm³/mol. The smallest absolute Gasteiger partial charge is 0.306 e. The molecule has 0 aromatic carbocycles. The standard InChI is InChI=1S/C60H107N2O7P/c1-7-10-13-16-19-22-25-27-29-30-31-32-33-34-37-40-43-46-49-52-59(63)61-57(56-68-70(65,66)67-55-54-62(4,5)6)58(51-48-45-42-39-36-24-21-18-15-12-9-3)69-60(64)53-50-47-44-41-38-35-28-26-23-20-17-14-11-8-2/h10,13,19,22,27,29,31-32,34-35,37-38,48,51,57-58H,7-9,11-12,14-18,20-21,23-26,28,30,33,36,39-47,49-50,52-56H2,1-6H3,(H-,61,63,65,66)/b13-10-,22-19-,29-27-,32-31-,37-34-,38-35-,51-48-. The number of allylic oxidation sites excluding steroid dienone is 13. The van der Waals surface area contributed by atoms with Crippen LogP contribution in [0.5, 0.6) is 0 Å². The van der Waals surface area contributed by atoms with Crippen molar-refractivity contribution in [2.24, 2.45) is 0 Å². The van der Waals surface area contributed by atoms with Gasteiger partial charge in [-0.25, -0.2) is 0 Å². The fraction of sp³-hybridized carbons (Fsp3) is 0.733. The average molecular weight is 999 g/mol. The van der Waals surface area contributed by atoms with Crippen LogP contribution in [-0.4, -0.2) is 69.4 Å². The van der Waals surface area contributed by atoms with E-state index in [4.69, 9.17) is 13.8 Å². The van der Waals surface area contributed by atoms with Crippen LogP contribution in [0.4, 0.5) is 0 Å². The maximum Gasteiger partial charge on any atom is 0.306 e. The van der Waals surface area contributed by atoms with Crippen molar-refractivity contribution in [3.63, 3.8) is 0 Å². The monoisotopic (exact) mass is 999 g/mol. The number of quaternary nitrogens is 1. The Morgan fingerprint density at radius 3 is 1.39 bits per heavy atom. The van der Waals surface area contributed by atoms with Crippen molar-refractivity contribution < 1.29 is 37.3 Å². The number of phosphoric acid groups is 1. The number of carbonyl (C=O) groups excluding carboxylic acids is 2. The van der Waals surface area contributed by atoms with Crippen molar-refractivity contribution in [2.45, 2.75) is 245 Å². The minimum absolute atomic E-state index is 0.0348. The van der Waals surface area contributed by atoms with Crippen LogP contribution in [0.1, 0.15) is 233 Å². The molecule has 0 saturated carbocycles. The Morgan fingerprint density at radius 2 is 0.914 bits per heavy atom. The van der Waals surface area contributed by atoms with Crippen LogP contribution in [0.2, 0.25) is 0 Å². The van der Waals surface area contributed by atoms with E-state index >= 15 is 0 Å². The van der Waals surface area contributed by atoms with Crippen molar-refractivity contribution in [1.82, 2.24) is 5.32 Å². The van der Waals surface area contributed by atoms with E-state index in [2.05, 4.69) is 99.0 Å². The van der Waals surface area contributed by atoms with Crippen molar-refractivity contribution in [2.75, 3.05) is 40.9 Å². The van der Waals surface area contributed by atoms with E-state index in [1.54, 1.807) is 0 Å². The minimum atomic E-state index is -4.71. The molecular weight excluding hydrogens is 892 g/mol. The summed E-state index contributed by atoms with van der Waals surface area (Å²) in [5, 5.41) is 2.99. The topological polar surface area (TPSA) is 114 Å². The highest BCUT2D eigenvalue weighted by atomic mass is 31.2. The molecule has 404 valence electrons. The minimum Gasteiger partial charge on any atom is -0.756 e. The van der Waals surface area contributed by atoms with Gasteiger partial charge in [-0.2, -0.15) is 0 Å². The fourth-order valence-electron chi connectivity index (χ4n) is 7.66. The van der Waals surface area contributed by atoms with Gasteiger partial charge < -0.3 is 28.5 Å². The molecule has 1 N–H and O–H groups in total. The van der Waals surface area contributed by atoms with Crippen molar-refractivity contribution >= 4 is 19.7 Å². The molecule has 3 atom stereocenters. The largest absolute Gasteiger partial charge is 0.756 e. The normalized spacial score (nSPS) is 14.4. The number of unbranched alkanes of at least 4 members (excludes halogenated alkanes) is 22. The van der Waals surface area contributed by atoms with Gasteiger partial charge in [0.15, 0.2) is 0 Å². The van der Waals surface area contributed by atoms with Crippen LogP contribution in [0, 0.1) is 0 Å². The molecule has 0 aliphatic heterocycles. The molecule has 70 heavy (non-hydrogen) atoms. The van der Waals surface area contributed by atoms with Gasteiger partial charge in [0, 0.05) is 12.8 Å². The number of rotatable bonds is 50. The van der Waals surface area contributed by atoms with E-state index in [9.17, 15) is 19.0 Å². The highest BCUT2D eigenvalue weighted by Crippen LogP contribution is 2.38. The molecule has 0 aliphatic rings. The van der Waals surface area contributed by atoms with Gasteiger partial charge in [-0.3, -0.25) is 14.2 Å². The molecule has 0 radical (unpaired) electrons. The molecule has 0 rings (SSSR count). The van der Waals surface area contributed by atoms with Gasteiger partial charge in [0.25, 0.3) is 7.82 Å². The van der Waals surface area contributed by atoms with E-state index in [0.717, 1.165) is 96.3 Å². The fourth-order valence-corrected chi connectivity index (χ4v) is 8.38. The van der Waals surface area contributed by atoms with Crippen LogP contribution in [0.3, 0.4) is 0 Å². The Bertz CT molecular complexity index is 1480. The molecular formula is C60H107N2O7P. The van der Waals surface area contributed by atoms with E-state index in [-0.39, 0.29) is 31.3 Å². The van der Waals surface area contributed by atoms with Gasteiger partial charge >= 0.3 is 5.97 Å². The molecule has 0 aromatic rings. The summed E-state index contributed by atoms with van der Waals surface area (Å²) in [7, 11) is 1.14. The zero-order valence-electron chi connectivity index (χ0n) is 45.9. The highest BCUT2D eigenvalue weighted by molar-refractivity contribution is 7.45. The van der Waals surface area contributed by atoms with Crippen molar-refractivity contribution in [1.29, 1.82) is 0 Å². The lowest BCUT2D eigenvalue weighted by molar-refractivity contribution is -0.870. The third-order valence-electron chi connectivity index (χ3n) is 12.1. The molecule has 0 heterocycles. The molecule has 0 bridgehead atoms. The second-order valence-electron chi connectivity index (χ2n) is 20.1. The first-order valence-corrected chi connectivity index (χ1v) is 29.9. The van der Waals surface area contributed by atoms with Crippen LogP contribution < -0.4 is 10.2 Å². The first-order valence-electron chi connectivity index (χ1n) is 28.4. The third-order valence-corrected chi connectivity index (χ3v) is 13.0. The number of esters is 1. The number of amides is 1. The van der Waals surface area contributed by atoms with Crippen LogP contribution in [0.25, 0.3) is 0 Å². The predicted octanol–water partition coefficient (Wildman–Crippen LogP) is 16.4. The molecule has 0 saturated heterocycles. The maximum atomic E-state index is 13.5. The van der Waals surface area contributed by atoms with E-state index in [1.807, 2.05) is 33.3 Å². The Kier molecular flexibility index (Phi) is 47.8. The molecule has 3 unspecified atom stereocenters. The summed E-state index contributed by atoms with van der Waals surface area (Å²) < 4.78 is 30.2. The second kappa shape index (κ2) is 49.8.